The second-order valence-electron chi connectivity index (χ2n) is 6.58. The van der Waals surface area contributed by atoms with Gasteiger partial charge in [-0.05, 0) is 5.53 Å². The van der Waals surface area contributed by atoms with E-state index in [1.807, 2.05) is 0 Å². The second-order valence-corrected chi connectivity index (χ2v) is 6.58. The number of nitrogens with zero attached hydrogens (tertiary/aromatic N) is 3. The first-order valence-electron chi connectivity index (χ1n) is 10.4. The van der Waals surface area contributed by atoms with Crippen LogP contribution in [-0.2, 0) is 33.2 Å². The van der Waals surface area contributed by atoms with Gasteiger partial charge in [0.05, 0.1) is 79.3 Å². The van der Waals surface area contributed by atoms with Gasteiger partial charge >= 0.3 is 0 Å². The molecule has 0 amide bonds. The minimum absolute atomic E-state index is 0.0879. The third-order valence-electron chi connectivity index (χ3n) is 4.25. The smallest absolute Gasteiger partial charge is 0.186 e. The summed E-state index contributed by atoms with van der Waals surface area (Å²) in [5.41, 5.74) is 8.09. The second kappa shape index (κ2) is 19.3. The van der Waals surface area contributed by atoms with Crippen molar-refractivity contribution in [3.8, 4) is 0 Å². The van der Waals surface area contributed by atoms with Crippen LogP contribution in [0.1, 0.15) is 0 Å². The molecular formula is C18H35N3O11. The molecule has 0 spiro atoms. The van der Waals surface area contributed by atoms with E-state index in [-0.39, 0.29) is 13.2 Å². The van der Waals surface area contributed by atoms with Crippen LogP contribution in [0.5, 0.6) is 0 Å². The van der Waals surface area contributed by atoms with Crippen LogP contribution < -0.4 is 0 Å². The van der Waals surface area contributed by atoms with Crippen molar-refractivity contribution in [1.29, 1.82) is 0 Å². The van der Waals surface area contributed by atoms with Gasteiger partial charge in [0.2, 0.25) is 0 Å². The van der Waals surface area contributed by atoms with Gasteiger partial charge in [-0.1, -0.05) is 5.11 Å². The SMILES string of the molecule is [N-]=[N+]=NCCOCCOCCOCCOCCOCCO[C@@H]1O[C@H](CO)[C@H](O)[C@H](O)[C@H]1O. The zero-order valence-electron chi connectivity index (χ0n) is 18.1. The summed E-state index contributed by atoms with van der Waals surface area (Å²) in [6.45, 7) is 3.75. The molecule has 1 heterocycles. The summed E-state index contributed by atoms with van der Waals surface area (Å²) in [6.07, 6.45) is -6.48. The molecule has 1 saturated heterocycles. The Morgan fingerprint density at radius 2 is 1.16 bits per heavy atom. The Morgan fingerprint density at radius 1 is 0.688 bits per heavy atom. The molecule has 188 valence electrons. The van der Waals surface area contributed by atoms with E-state index in [2.05, 4.69) is 10.0 Å². The van der Waals surface area contributed by atoms with Crippen LogP contribution in [0, 0.1) is 0 Å². The van der Waals surface area contributed by atoms with E-state index in [9.17, 15) is 15.3 Å². The van der Waals surface area contributed by atoms with Crippen molar-refractivity contribution < 1.29 is 53.6 Å². The Balaban J connectivity index is 1.83. The Morgan fingerprint density at radius 3 is 1.62 bits per heavy atom. The summed E-state index contributed by atoms with van der Waals surface area (Å²) in [5, 5.41) is 41.7. The van der Waals surface area contributed by atoms with E-state index in [0.717, 1.165) is 0 Å². The molecule has 32 heavy (non-hydrogen) atoms. The van der Waals surface area contributed by atoms with Gasteiger partial charge in [-0.25, -0.2) is 0 Å². The molecule has 0 radical (unpaired) electrons. The predicted octanol–water partition coefficient (Wildman–Crippen LogP) is -1.80. The molecule has 0 saturated carbocycles. The van der Waals surface area contributed by atoms with E-state index in [0.29, 0.717) is 66.0 Å². The first-order valence-corrected chi connectivity index (χ1v) is 10.4. The molecule has 0 bridgehead atoms. The van der Waals surface area contributed by atoms with Crippen LogP contribution in [0.25, 0.3) is 10.4 Å². The molecule has 14 heteroatoms. The Kier molecular flexibility index (Phi) is 17.5. The minimum Gasteiger partial charge on any atom is -0.394 e. The highest BCUT2D eigenvalue weighted by molar-refractivity contribution is 4.88. The Labute approximate surface area is 186 Å². The van der Waals surface area contributed by atoms with Gasteiger partial charge in [-0.2, -0.15) is 0 Å². The maximum Gasteiger partial charge on any atom is 0.186 e. The van der Waals surface area contributed by atoms with E-state index in [4.69, 9.17) is 43.8 Å². The van der Waals surface area contributed by atoms with Gasteiger partial charge in [0.1, 0.15) is 24.4 Å². The number of rotatable bonds is 20. The molecule has 1 fully saturated rings. The molecule has 0 unspecified atom stereocenters. The number of hydrogen-bond donors (Lipinski definition) is 4. The normalized spacial score (nSPS) is 25.6. The molecule has 0 aromatic rings. The summed E-state index contributed by atoms with van der Waals surface area (Å²) in [4.78, 5) is 2.62. The number of azide groups is 1. The maximum atomic E-state index is 9.83. The van der Waals surface area contributed by atoms with Gasteiger partial charge in [0.25, 0.3) is 0 Å². The fourth-order valence-electron chi connectivity index (χ4n) is 2.56. The van der Waals surface area contributed by atoms with Crippen LogP contribution in [0.3, 0.4) is 0 Å². The van der Waals surface area contributed by atoms with Crippen molar-refractivity contribution in [2.24, 2.45) is 5.11 Å². The molecule has 4 N–H and O–H groups in total. The van der Waals surface area contributed by atoms with Crippen LogP contribution >= 0.6 is 0 Å². The summed E-state index contributed by atoms with van der Waals surface area (Å²) >= 11 is 0. The molecule has 1 rings (SSSR count). The van der Waals surface area contributed by atoms with E-state index in [1.165, 1.54) is 0 Å². The van der Waals surface area contributed by atoms with Gasteiger partial charge in [0.15, 0.2) is 6.29 Å². The molecule has 0 aliphatic carbocycles. The molecular weight excluding hydrogens is 434 g/mol. The largest absolute Gasteiger partial charge is 0.394 e. The summed E-state index contributed by atoms with van der Waals surface area (Å²) < 4.78 is 37.0. The summed E-state index contributed by atoms with van der Waals surface area (Å²) in [7, 11) is 0. The first kappa shape index (κ1) is 28.9. The highest BCUT2D eigenvalue weighted by Crippen LogP contribution is 2.21. The van der Waals surface area contributed by atoms with Gasteiger partial charge < -0.3 is 53.6 Å². The molecule has 0 aromatic carbocycles. The van der Waals surface area contributed by atoms with Gasteiger partial charge in [-0.15, -0.1) is 0 Å². The zero-order chi connectivity index (χ0) is 23.4. The molecule has 1 aliphatic rings. The van der Waals surface area contributed by atoms with Crippen LogP contribution in [0.15, 0.2) is 5.11 Å². The van der Waals surface area contributed by atoms with E-state index in [1.54, 1.807) is 0 Å². The topological polar surface area (TPSA) is 194 Å². The monoisotopic (exact) mass is 469 g/mol. The predicted molar refractivity (Wildman–Crippen MR) is 108 cm³/mol. The zero-order valence-corrected chi connectivity index (χ0v) is 18.1. The summed E-state index contributed by atoms with van der Waals surface area (Å²) in [5.74, 6) is 0. The standard InChI is InChI=1S/C18H35N3O11/c19-21-20-1-2-26-3-4-27-5-6-28-7-8-29-9-10-30-11-12-31-18-17(25)16(24)15(23)14(13-22)32-18/h14-18,22-25H,1-13H2/t14-,15+,16+,17-,18-/m1/s1. The Hall–Kier alpha value is -1.13. The van der Waals surface area contributed by atoms with Crippen molar-refractivity contribution in [1.82, 2.24) is 0 Å². The fourth-order valence-corrected chi connectivity index (χ4v) is 2.56. The summed E-state index contributed by atoms with van der Waals surface area (Å²) in [6, 6.07) is 0. The number of aliphatic hydroxyl groups excluding tert-OH is 4. The lowest BCUT2D eigenvalue weighted by atomic mass is 9.99. The van der Waals surface area contributed by atoms with Crippen molar-refractivity contribution >= 4 is 0 Å². The number of ether oxygens (including phenoxy) is 7. The lowest BCUT2D eigenvalue weighted by molar-refractivity contribution is -0.302. The average Bonchev–Trinajstić information content (AvgIpc) is 2.80. The van der Waals surface area contributed by atoms with Crippen molar-refractivity contribution in [3.63, 3.8) is 0 Å². The number of hydrogen-bond acceptors (Lipinski definition) is 12. The lowest BCUT2D eigenvalue weighted by Crippen LogP contribution is -2.59. The van der Waals surface area contributed by atoms with E-state index >= 15 is 0 Å². The van der Waals surface area contributed by atoms with Crippen LogP contribution in [0.4, 0.5) is 0 Å². The Bertz CT molecular complexity index is 497. The van der Waals surface area contributed by atoms with Gasteiger partial charge in [0, 0.05) is 11.5 Å². The quantitative estimate of drug-likeness (QED) is 0.0679. The molecule has 0 aromatic heterocycles. The third kappa shape index (κ3) is 12.8. The molecule has 1 aliphatic heterocycles. The van der Waals surface area contributed by atoms with Crippen molar-refractivity contribution in [3.05, 3.63) is 10.4 Å². The third-order valence-corrected chi connectivity index (χ3v) is 4.25. The fraction of sp³-hybridized carbons (Fsp3) is 1.00. The maximum absolute atomic E-state index is 9.83. The highest BCUT2D eigenvalue weighted by Gasteiger charge is 2.43. The van der Waals surface area contributed by atoms with Crippen LogP contribution in [-0.4, -0.2) is 137 Å². The average molecular weight is 469 g/mol. The van der Waals surface area contributed by atoms with E-state index < -0.39 is 37.3 Å². The minimum atomic E-state index is -1.47. The van der Waals surface area contributed by atoms with Crippen molar-refractivity contribution in [2.75, 3.05) is 85.8 Å². The molecule has 14 nitrogen and oxygen atoms in total. The first-order chi connectivity index (χ1) is 15.6. The molecule has 5 atom stereocenters. The number of aliphatic hydroxyl groups is 4. The van der Waals surface area contributed by atoms with Crippen molar-refractivity contribution in [2.45, 2.75) is 30.7 Å². The van der Waals surface area contributed by atoms with Gasteiger partial charge in [-0.3, -0.25) is 0 Å². The lowest BCUT2D eigenvalue weighted by Gasteiger charge is -2.39. The highest BCUT2D eigenvalue weighted by atomic mass is 16.7. The van der Waals surface area contributed by atoms with Crippen LogP contribution in [0.2, 0.25) is 0 Å².